The van der Waals surface area contributed by atoms with E-state index in [0.717, 1.165) is 0 Å². The van der Waals surface area contributed by atoms with E-state index in [1.54, 1.807) is 0 Å². The second-order valence-electron chi connectivity index (χ2n) is 4.22. The van der Waals surface area contributed by atoms with E-state index in [4.69, 9.17) is 0 Å². The molecule has 0 aliphatic rings. The normalized spacial score (nSPS) is 11.9. The topological polar surface area (TPSA) is 17.1 Å². The lowest BCUT2D eigenvalue weighted by Gasteiger charge is -2.05. The Hall–Kier alpha value is -1.15. The van der Waals surface area contributed by atoms with Gasteiger partial charge in [-0.15, -0.1) is 4.21 Å². The van der Waals surface area contributed by atoms with Gasteiger partial charge >= 0.3 is 0 Å². The van der Waals surface area contributed by atoms with Crippen molar-refractivity contribution in [3.8, 4) is 0 Å². The lowest BCUT2D eigenvalue weighted by Crippen LogP contribution is -2.08. The first-order valence-corrected chi connectivity index (χ1v) is 7.49. The highest BCUT2D eigenvalue weighted by molar-refractivity contribution is 8.00. The summed E-state index contributed by atoms with van der Waals surface area (Å²) in [6.45, 7) is 0. The largest absolute Gasteiger partial charge is 0.137 e. The predicted molar refractivity (Wildman–Crippen MR) is 67.6 cm³/mol. The fourth-order valence-corrected chi connectivity index (χ4v) is 2.79. The van der Waals surface area contributed by atoms with Crippen LogP contribution >= 0.6 is 0 Å². The van der Waals surface area contributed by atoms with Gasteiger partial charge in [0, 0.05) is 5.56 Å². The molecular formula is C13H15OS+. The molecule has 15 heavy (non-hydrogen) atoms. The number of benzene rings is 2. The zero-order valence-electron chi connectivity index (χ0n) is 9.07. The minimum atomic E-state index is -1.72. The molecule has 2 aromatic carbocycles. The van der Waals surface area contributed by atoms with Crippen molar-refractivity contribution < 1.29 is 4.21 Å². The van der Waals surface area contributed by atoms with Gasteiger partial charge in [-0.1, -0.05) is 42.5 Å². The molecule has 0 aliphatic heterocycles. The summed E-state index contributed by atoms with van der Waals surface area (Å²) in [6.07, 6.45) is 3.63. The molecule has 0 saturated heterocycles. The van der Waals surface area contributed by atoms with E-state index >= 15 is 0 Å². The zero-order valence-corrected chi connectivity index (χ0v) is 9.88. The summed E-state index contributed by atoms with van der Waals surface area (Å²) < 4.78 is 11.8. The molecule has 78 valence electrons. The number of hydrogen-bond acceptors (Lipinski definition) is 1. The van der Waals surface area contributed by atoms with Crippen LogP contribution in [0.4, 0.5) is 0 Å². The highest BCUT2D eigenvalue weighted by atomic mass is 32.2. The molecule has 0 fully saturated rings. The smallest absolute Gasteiger partial charge is 0.106 e. The first kappa shape index (κ1) is 10.4. The van der Waals surface area contributed by atoms with Crippen LogP contribution in [0.1, 0.15) is 5.56 Å². The molecule has 0 saturated carbocycles. The summed E-state index contributed by atoms with van der Waals surface area (Å²) in [7, 11) is -1.72. The van der Waals surface area contributed by atoms with Crippen LogP contribution in [-0.4, -0.2) is 12.5 Å². The van der Waals surface area contributed by atoms with Gasteiger partial charge in [0.25, 0.3) is 0 Å². The molecule has 0 atom stereocenters. The van der Waals surface area contributed by atoms with Crippen molar-refractivity contribution in [3.05, 3.63) is 48.0 Å². The van der Waals surface area contributed by atoms with Crippen molar-refractivity contribution >= 4 is 20.7 Å². The van der Waals surface area contributed by atoms with E-state index in [9.17, 15) is 4.21 Å². The molecule has 2 heteroatoms. The molecule has 2 rings (SSSR count). The molecule has 0 N–H and O–H groups in total. The predicted octanol–water partition coefficient (Wildman–Crippen LogP) is 3.10. The van der Waals surface area contributed by atoms with Gasteiger partial charge in [0.2, 0.25) is 0 Å². The second kappa shape index (κ2) is 3.78. The van der Waals surface area contributed by atoms with Crippen LogP contribution in [0.5, 0.6) is 0 Å². The van der Waals surface area contributed by atoms with Crippen molar-refractivity contribution in [1.82, 2.24) is 0 Å². The Morgan fingerprint density at radius 1 is 1.00 bits per heavy atom. The maximum Gasteiger partial charge on any atom is 0.137 e. The highest BCUT2D eigenvalue weighted by Gasteiger charge is 2.15. The molecule has 1 nitrogen and oxygen atoms in total. The van der Waals surface area contributed by atoms with Gasteiger partial charge in [-0.25, -0.2) is 0 Å². The number of rotatable bonds is 2. The third kappa shape index (κ3) is 2.45. The molecule has 0 heterocycles. The van der Waals surface area contributed by atoms with Gasteiger partial charge in [-0.3, -0.25) is 0 Å². The standard InChI is InChI=1S/C13H15OS/c1-15(2,14)10-12-8-5-7-11-6-3-4-9-13(11)12/h3-9H,10H2,1-2H3/q+1. The fourth-order valence-electron chi connectivity index (χ4n) is 1.79. The maximum absolute atomic E-state index is 11.8. The van der Waals surface area contributed by atoms with Crippen LogP contribution in [-0.2, 0) is 19.9 Å². The Balaban J connectivity index is 2.56. The number of fused-ring (bicyclic) bond motifs is 1. The summed E-state index contributed by atoms with van der Waals surface area (Å²) in [6, 6.07) is 14.4. The summed E-state index contributed by atoms with van der Waals surface area (Å²) >= 11 is 0. The Morgan fingerprint density at radius 2 is 1.67 bits per heavy atom. The third-order valence-corrected chi connectivity index (χ3v) is 3.39. The van der Waals surface area contributed by atoms with Crippen molar-refractivity contribution in [2.75, 3.05) is 12.5 Å². The van der Waals surface area contributed by atoms with Gasteiger partial charge in [0.05, 0.1) is 9.93 Å². The average molecular weight is 219 g/mol. The Morgan fingerprint density at radius 3 is 2.40 bits per heavy atom. The zero-order chi connectivity index (χ0) is 10.9. The van der Waals surface area contributed by atoms with Gasteiger partial charge in [-0.05, 0) is 10.8 Å². The highest BCUT2D eigenvalue weighted by Crippen LogP contribution is 2.21. The van der Waals surface area contributed by atoms with Crippen LogP contribution in [0, 0.1) is 0 Å². The van der Waals surface area contributed by atoms with Crippen LogP contribution in [0.25, 0.3) is 10.8 Å². The van der Waals surface area contributed by atoms with Crippen LogP contribution in [0.2, 0.25) is 0 Å². The first-order valence-electron chi connectivity index (χ1n) is 4.95. The Bertz CT molecular complexity index is 520. The lowest BCUT2D eigenvalue weighted by molar-refractivity contribution is 0.590. The molecule has 0 radical (unpaired) electrons. The minimum Gasteiger partial charge on any atom is -0.106 e. The van der Waals surface area contributed by atoms with E-state index in [0.29, 0.717) is 5.75 Å². The molecular weight excluding hydrogens is 204 g/mol. The van der Waals surface area contributed by atoms with Gasteiger partial charge < -0.3 is 0 Å². The summed E-state index contributed by atoms with van der Waals surface area (Å²) in [5, 5.41) is 2.44. The number of hydrogen-bond donors (Lipinski definition) is 0. The first-order chi connectivity index (χ1) is 7.06. The van der Waals surface area contributed by atoms with Crippen molar-refractivity contribution in [2.45, 2.75) is 5.75 Å². The van der Waals surface area contributed by atoms with Crippen molar-refractivity contribution in [2.24, 2.45) is 0 Å². The van der Waals surface area contributed by atoms with E-state index in [-0.39, 0.29) is 0 Å². The summed E-state index contributed by atoms with van der Waals surface area (Å²) in [4.78, 5) is 0. The van der Waals surface area contributed by atoms with Crippen LogP contribution in [0.15, 0.2) is 42.5 Å². The molecule has 0 aromatic heterocycles. The fraction of sp³-hybridized carbons (Fsp3) is 0.231. The van der Waals surface area contributed by atoms with E-state index in [1.807, 2.05) is 30.7 Å². The molecule has 0 amide bonds. The Kier molecular flexibility index (Phi) is 2.61. The molecule has 0 unspecified atom stereocenters. The summed E-state index contributed by atoms with van der Waals surface area (Å²) in [5.41, 5.74) is 1.18. The van der Waals surface area contributed by atoms with Crippen LogP contribution in [0.3, 0.4) is 0 Å². The second-order valence-corrected chi connectivity index (χ2v) is 7.38. The van der Waals surface area contributed by atoms with Crippen molar-refractivity contribution in [3.63, 3.8) is 0 Å². The van der Waals surface area contributed by atoms with Crippen molar-refractivity contribution in [1.29, 1.82) is 0 Å². The molecule has 0 aliphatic carbocycles. The summed E-state index contributed by atoms with van der Waals surface area (Å²) in [5.74, 6) is 0.661. The monoisotopic (exact) mass is 219 g/mol. The van der Waals surface area contributed by atoms with E-state index < -0.39 is 9.93 Å². The van der Waals surface area contributed by atoms with Gasteiger partial charge in [0.15, 0.2) is 0 Å². The quantitative estimate of drug-likeness (QED) is 0.709. The SMILES string of the molecule is C[S+](C)(=O)Cc1cccc2ccccc12. The lowest BCUT2D eigenvalue weighted by atomic mass is 10.1. The average Bonchev–Trinajstić information content (AvgIpc) is 2.16. The van der Waals surface area contributed by atoms with Gasteiger partial charge in [-0.2, -0.15) is 0 Å². The maximum atomic E-state index is 11.8. The molecule has 2 aromatic rings. The van der Waals surface area contributed by atoms with E-state index in [1.165, 1.54) is 16.3 Å². The van der Waals surface area contributed by atoms with E-state index in [2.05, 4.69) is 24.3 Å². The van der Waals surface area contributed by atoms with Gasteiger partial charge in [0.1, 0.15) is 18.3 Å². The Labute approximate surface area is 91.6 Å². The molecule has 0 bridgehead atoms. The minimum absolute atomic E-state index is 0.661. The molecule has 0 spiro atoms. The third-order valence-electron chi connectivity index (χ3n) is 2.38. The van der Waals surface area contributed by atoms with Crippen LogP contribution < -0.4 is 0 Å².